The van der Waals surface area contributed by atoms with Gasteiger partial charge in [-0.2, -0.15) is 5.26 Å². The van der Waals surface area contributed by atoms with Gasteiger partial charge in [-0.3, -0.25) is 9.78 Å². The van der Waals surface area contributed by atoms with E-state index >= 15 is 0 Å². The Labute approximate surface area is 193 Å². The minimum absolute atomic E-state index is 0.0843. The lowest BCUT2D eigenvalue weighted by atomic mass is 10.0. The second-order valence-corrected chi connectivity index (χ2v) is 8.00. The third-order valence-corrected chi connectivity index (χ3v) is 5.62. The molecule has 3 aromatic rings. The van der Waals surface area contributed by atoms with E-state index in [9.17, 15) is 10.1 Å². The van der Waals surface area contributed by atoms with Crippen molar-refractivity contribution >= 4 is 12.2 Å². The van der Waals surface area contributed by atoms with Crippen LogP contribution in [0.1, 0.15) is 42.7 Å². The first-order valence-corrected chi connectivity index (χ1v) is 11.1. The summed E-state index contributed by atoms with van der Waals surface area (Å²) in [6, 6.07) is 15.5. The molecule has 1 aromatic carbocycles. The van der Waals surface area contributed by atoms with Gasteiger partial charge < -0.3 is 14.8 Å². The Balaban J connectivity index is 0.000000238. The predicted molar refractivity (Wildman–Crippen MR) is 125 cm³/mol. The maximum atomic E-state index is 10.5. The summed E-state index contributed by atoms with van der Waals surface area (Å²) >= 11 is 0. The molecule has 2 aliphatic rings. The second-order valence-electron chi connectivity index (χ2n) is 8.00. The van der Waals surface area contributed by atoms with Crippen molar-refractivity contribution in [3.8, 4) is 22.9 Å². The highest BCUT2D eigenvalue weighted by Crippen LogP contribution is 2.39. The number of carbonyl (C=O) groups excluding carboxylic acids is 1. The highest BCUT2D eigenvalue weighted by molar-refractivity contribution is 5.74. The minimum Gasteiger partial charge on any atom is -0.489 e. The third kappa shape index (κ3) is 6.37. The van der Waals surface area contributed by atoms with Gasteiger partial charge in [-0.25, -0.2) is 4.98 Å². The SMILES string of the molecule is N#Cc1cc(-c2ccnc(NC=O)c2)ccc1OC1CCOCC1.c1cc(C2CC2)ccn1. The number of nitrogens with one attached hydrogen (secondary N) is 1. The van der Waals surface area contributed by atoms with E-state index in [1.807, 2.05) is 30.6 Å². The maximum Gasteiger partial charge on any atom is 0.212 e. The van der Waals surface area contributed by atoms with E-state index in [1.54, 1.807) is 18.3 Å². The van der Waals surface area contributed by atoms with Gasteiger partial charge in [0.25, 0.3) is 0 Å². The Bertz CT molecular complexity index is 1100. The lowest BCUT2D eigenvalue weighted by molar-refractivity contribution is -0.105. The number of aromatic nitrogens is 2. The summed E-state index contributed by atoms with van der Waals surface area (Å²) in [7, 11) is 0. The second kappa shape index (κ2) is 11.2. The highest BCUT2D eigenvalue weighted by Gasteiger charge is 2.22. The summed E-state index contributed by atoms with van der Waals surface area (Å²) in [5.74, 6) is 1.92. The van der Waals surface area contributed by atoms with Crippen LogP contribution in [0.4, 0.5) is 5.82 Å². The number of benzene rings is 1. The quantitative estimate of drug-likeness (QED) is 0.556. The first kappa shape index (κ1) is 22.4. The van der Waals surface area contributed by atoms with Gasteiger partial charge in [0, 0.05) is 31.4 Å². The summed E-state index contributed by atoms with van der Waals surface area (Å²) in [5, 5.41) is 12.0. The van der Waals surface area contributed by atoms with Crippen molar-refractivity contribution in [2.24, 2.45) is 0 Å². The Kier molecular flexibility index (Phi) is 7.62. The smallest absolute Gasteiger partial charge is 0.212 e. The van der Waals surface area contributed by atoms with E-state index in [0.29, 0.717) is 36.8 Å². The van der Waals surface area contributed by atoms with Gasteiger partial charge in [-0.15, -0.1) is 0 Å². The van der Waals surface area contributed by atoms with Crippen molar-refractivity contribution in [3.05, 3.63) is 72.2 Å². The molecule has 7 heteroatoms. The van der Waals surface area contributed by atoms with Crippen LogP contribution in [0.25, 0.3) is 11.1 Å². The molecule has 1 amide bonds. The van der Waals surface area contributed by atoms with E-state index in [4.69, 9.17) is 9.47 Å². The predicted octanol–water partition coefficient (Wildman–Crippen LogP) is 4.71. The highest BCUT2D eigenvalue weighted by atomic mass is 16.5. The van der Waals surface area contributed by atoms with Gasteiger partial charge in [0.1, 0.15) is 23.7 Å². The number of rotatable bonds is 6. The number of hydrogen-bond donors (Lipinski definition) is 1. The molecule has 1 saturated heterocycles. The Morgan fingerprint density at radius 3 is 2.45 bits per heavy atom. The van der Waals surface area contributed by atoms with Crippen molar-refractivity contribution < 1.29 is 14.3 Å². The molecule has 7 nitrogen and oxygen atoms in total. The molecular formula is C26H26N4O3. The van der Waals surface area contributed by atoms with Gasteiger partial charge >= 0.3 is 0 Å². The minimum atomic E-state index is 0.0843. The molecule has 33 heavy (non-hydrogen) atoms. The zero-order chi connectivity index (χ0) is 22.9. The molecule has 5 rings (SSSR count). The van der Waals surface area contributed by atoms with E-state index in [2.05, 4.69) is 33.5 Å². The average molecular weight is 443 g/mol. The third-order valence-electron chi connectivity index (χ3n) is 5.62. The summed E-state index contributed by atoms with van der Waals surface area (Å²) in [5.41, 5.74) is 3.68. The van der Waals surface area contributed by atoms with Crippen LogP contribution < -0.4 is 10.1 Å². The fourth-order valence-corrected chi connectivity index (χ4v) is 3.67. The lowest BCUT2D eigenvalue weighted by Gasteiger charge is -2.23. The lowest BCUT2D eigenvalue weighted by Crippen LogP contribution is -2.26. The fourth-order valence-electron chi connectivity index (χ4n) is 3.67. The van der Waals surface area contributed by atoms with Gasteiger partial charge in [0.15, 0.2) is 0 Å². The molecule has 1 aliphatic carbocycles. The number of ether oxygens (including phenoxy) is 2. The van der Waals surface area contributed by atoms with Gasteiger partial charge in [0.2, 0.25) is 6.41 Å². The number of amides is 1. The molecule has 1 aliphatic heterocycles. The number of nitrogens with zero attached hydrogens (tertiary/aromatic N) is 3. The van der Waals surface area contributed by atoms with Crippen LogP contribution >= 0.6 is 0 Å². The molecule has 0 spiro atoms. The summed E-state index contributed by atoms with van der Waals surface area (Å²) in [4.78, 5) is 18.5. The Hall–Kier alpha value is -3.76. The maximum absolute atomic E-state index is 10.5. The summed E-state index contributed by atoms with van der Waals surface area (Å²) < 4.78 is 11.3. The molecule has 0 bridgehead atoms. The molecule has 3 heterocycles. The largest absolute Gasteiger partial charge is 0.489 e. The normalized spacial score (nSPS) is 15.5. The Morgan fingerprint density at radius 2 is 1.76 bits per heavy atom. The van der Waals surface area contributed by atoms with Crippen molar-refractivity contribution in [2.45, 2.75) is 37.7 Å². The monoisotopic (exact) mass is 442 g/mol. The Morgan fingerprint density at radius 1 is 1.00 bits per heavy atom. The molecule has 0 unspecified atom stereocenters. The van der Waals surface area contributed by atoms with Crippen LogP contribution in [0.2, 0.25) is 0 Å². The van der Waals surface area contributed by atoms with Crippen LogP contribution in [-0.4, -0.2) is 35.7 Å². The van der Waals surface area contributed by atoms with Gasteiger partial charge in [0.05, 0.1) is 18.8 Å². The van der Waals surface area contributed by atoms with E-state index in [-0.39, 0.29) is 6.10 Å². The van der Waals surface area contributed by atoms with Gasteiger partial charge in [-0.1, -0.05) is 6.07 Å². The van der Waals surface area contributed by atoms with Crippen LogP contribution in [-0.2, 0) is 9.53 Å². The van der Waals surface area contributed by atoms with Gasteiger partial charge in [-0.05, 0) is 71.8 Å². The first-order valence-electron chi connectivity index (χ1n) is 11.1. The zero-order valence-electron chi connectivity index (χ0n) is 18.3. The van der Waals surface area contributed by atoms with Crippen LogP contribution in [0, 0.1) is 11.3 Å². The standard InChI is InChI=1S/C18H17N3O3.C8H9N/c19-11-15-9-13(14-3-6-20-18(10-14)21-12-22)1-2-17(15)24-16-4-7-23-8-5-16;1-2-7(1)8-3-5-9-6-4-8/h1-3,6,9-10,12,16H,4-5,7-8H2,(H,20,21,22);3-7H,1-2H2. The molecular weight excluding hydrogens is 416 g/mol. The first-order chi connectivity index (χ1) is 16.3. The molecule has 0 radical (unpaired) electrons. The number of pyridine rings is 2. The number of nitriles is 1. The summed E-state index contributed by atoms with van der Waals surface area (Å²) in [6.07, 6.45) is 10.4. The molecule has 1 N–H and O–H groups in total. The van der Waals surface area contributed by atoms with Crippen molar-refractivity contribution in [2.75, 3.05) is 18.5 Å². The van der Waals surface area contributed by atoms with Crippen molar-refractivity contribution in [3.63, 3.8) is 0 Å². The van der Waals surface area contributed by atoms with Crippen LogP contribution in [0.15, 0.2) is 61.1 Å². The number of carbonyl (C=O) groups is 1. The number of hydrogen-bond acceptors (Lipinski definition) is 6. The zero-order valence-corrected chi connectivity index (χ0v) is 18.3. The van der Waals surface area contributed by atoms with E-state index < -0.39 is 0 Å². The van der Waals surface area contributed by atoms with Crippen LogP contribution in [0.3, 0.4) is 0 Å². The van der Waals surface area contributed by atoms with E-state index in [1.165, 1.54) is 18.4 Å². The van der Waals surface area contributed by atoms with Crippen LogP contribution in [0.5, 0.6) is 5.75 Å². The molecule has 0 atom stereocenters. The topological polar surface area (TPSA) is 97.1 Å². The molecule has 168 valence electrons. The van der Waals surface area contributed by atoms with Crippen molar-refractivity contribution in [1.82, 2.24) is 9.97 Å². The molecule has 2 fully saturated rings. The van der Waals surface area contributed by atoms with Crippen molar-refractivity contribution in [1.29, 1.82) is 5.26 Å². The fraction of sp³-hybridized carbons (Fsp3) is 0.308. The average Bonchev–Trinajstić information content (AvgIpc) is 3.72. The molecule has 1 saturated carbocycles. The number of anilines is 1. The van der Waals surface area contributed by atoms with E-state index in [0.717, 1.165) is 29.9 Å². The molecule has 2 aromatic heterocycles. The summed E-state index contributed by atoms with van der Waals surface area (Å²) in [6.45, 7) is 1.38.